The molecule has 0 atom stereocenters. The molecule has 142 valence electrons. The number of hydrogen-bond donors (Lipinski definition) is 2. The van der Waals surface area contributed by atoms with Crippen LogP contribution in [0.25, 0.3) is 11.3 Å². The lowest BCUT2D eigenvalue weighted by Crippen LogP contribution is -2.24. The summed E-state index contributed by atoms with van der Waals surface area (Å²) in [4.78, 5) is 22.9. The number of carboxylic acid groups (broad SMARTS) is 1. The molecule has 0 aliphatic rings. The Morgan fingerprint density at radius 3 is 2.68 bits per heavy atom. The van der Waals surface area contributed by atoms with E-state index >= 15 is 0 Å². The Morgan fingerprint density at radius 2 is 1.93 bits per heavy atom. The van der Waals surface area contributed by atoms with Gasteiger partial charge in [0.05, 0.1) is 16.8 Å². The standard InChI is InChI=1S/C20H15ClN2O5/c21-17-8-6-13(10-16(17)20(25)26)18-9-7-15(28-18)11-22-23-19(24)12-27-14-4-2-1-3-5-14/h1-11H,12H2,(H,23,24)(H,25,26)/b22-11-. The summed E-state index contributed by atoms with van der Waals surface area (Å²) in [7, 11) is 0. The van der Waals surface area contributed by atoms with E-state index in [-0.39, 0.29) is 17.2 Å². The Bertz CT molecular complexity index is 1010. The van der Waals surface area contributed by atoms with Gasteiger partial charge in [-0.05, 0) is 42.5 Å². The van der Waals surface area contributed by atoms with Gasteiger partial charge in [0.25, 0.3) is 5.91 Å². The van der Waals surface area contributed by atoms with Crippen molar-refractivity contribution < 1.29 is 23.8 Å². The number of benzene rings is 2. The zero-order chi connectivity index (χ0) is 19.9. The average molecular weight is 399 g/mol. The van der Waals surface area contributed by atoms with Crippen LogP contribution in [0.15, 0.2) is 70.2 Å². The van der Waals surface area contributed by atoms with Crippen molar-refractivity contribution in [2.24, 2.45) is 5.10 Å². The monoisotopic (exact) mass is 398 g/mol. The number of hydrogen-bond acceptors (Lipinski definition) is 5. The molecule has 1 aromatic heterocycles. The van der Waals surface area contributed by atoms with Crippen molar-refractivity contribution in [3.05, 3.63) is 77.0 Å². The van der Waals surface area contributed by atoms with Gasteiger partial charge in [0.15, 0.2) is 6.61 Å². The van der Waals surface area contributed by atoms with Gasteiger partial charge in [-0.25, -0.2) is 10.2 Å². The first-order valence-corrected chi connectivity index (χ1v) is 8.53. The maximum Gasteiger partial charge on any atom is 0.337 e. The van der Waals surface area contributed by atoms with E-state index < -0.39 is 11.9 Å². The number of halogens is 1. The highest BCUT2D eigenvalue weighted by Crippen LogP contribution is 2.26. The zero-order valence-corrected chi connectivity index (χ0v) is 15.2. The van der Waals surface area contributed by atoms with E-state index in [2.05, 4.69) is 10.5 Å². The van der Waals surface area contributed by atoms with Crippen LogP contribution in [-0.4, -0.2) is 29.8 Å². The summed E-state index contributed by atoms with van der Waals surface area (Å²) in [5.74, 6) is -0.136. The molecule has 8 heteroatoms. The highest BCUT2D eigenvalue weighted by molar-refractivity contribution is 6.33. The highest BCUT2D eigenvalue weighted by Gasteiger charge is 2.12. The third-order valence-corrected chi connectivity index (χ3v) is 3.93. The molecule has 3 rings (SSSR count). The summed E-state index contributed by atoms with van der Waals surface area (Å²) >= 11 is 5.86. The first-order chi connectivity index (χ1) is 13.5. The maximum absolute atomic E-state index is 11.7. The lowest BCUT2D eigenvalue weighted by Gasteiger charge is -2.03. The molecular weight excluding hydrogens is 384 g/mol. The van der Waals surface area contributed by atoms with Gasteiger partial charge >= 0.3 is 5.97 Å². The molecule has 0 saturated carbocycles. The SMILES string of the molecule is O=C(COc1ccccc1)N/N=C\c1ccc(-c2ccc(Cl)c(C(=O)O)c2)o1. The normalized spacial score (nSPS) is 10.8. The van der Waals surface area contributed by atoms with Gasteiger partial charge in [-0.15, -0.1) is 0 Å². The number of para-hydroxylation sites is 1. The molecule has 0 aliphatic heterocycles. The average Bonchev–Trinajstić information content (AvgIpc) is 3.16. The number of amides is 1. The fourth-order valence-electron chi connectivity index (χ4n) is 2.29. The van der Waals surface area contributed by atoms with Crippen LogP contribution in [-0.2, 0) is 4.79 Å². The van der Waals surface area contributed by atoms with Crippen LogP contribution in [0.1, 0.15) is 16.1 Å². The molecule has 0 saturated heterocycles. The molecule has 0 bridgehead atoms. The van der Waals surface area contributed by atoms with Crippen molar-refractivity contribution >= 4 is 29.7 Å². The van der Waals surface area contributed by atoms with Crippen LogP contribution in [0, 0.1) is 0 Å². The predicted octanol–water partition coefficient (Wildman–Crippen LogP) is 3.83. The molecule has 3 aromatic rings. The summed E-state index contributed by atoms with van der Waals surface area (Å²) in [6, 6.07) is 16.8. The quantitative estimate of drug-likeness (QED) is 0.465. The van der Waals surface area contributed by atoms with Crippen LogP contribution in [0.2, 0.25) is 5.02 Å². The third kappa shape index (κ3) is 4.99. The van der Waals surface area contributed by atoms with E-state index in [1.54, 1.807) is 42.5 Å². The van der Waals surface area contributed by atoms with Crippen LogP contribution in [0.4, 0.5) is 0 Å². The Balaban J connectivity index is 1.58. The summed E-state index contributed by atoms with van der Waals surface area (Å²) in [5, 5.41) is 13.1. The highest BCUT2D eigenvalue weighted by atomic mass is 35.5. The van der Waals surface area contributed by atoms with Crippen molar-refractivity contribution in [1.82, 2.24) is 5.43 Å². The van der Waals surface area contributed by atoms with Gasteiger partial charge in [0, 0.05) is 5.56 Å². The number of carbonyl (C=O) groups excluding carboxylic acids is 1. The van der Waals surface area contributed by atoms with E-state index in [0.717, 1.165) is 0 Å². The molecular formula is C20H15ClN2O5. The number of rotatable bonds is 7. The number of nitrogens with one attached hydrogen (secondary N) is 1. The molecule has 2 N–H and O–H groups in total. The molecule has 1 amide bonds. The second-order valence-corrected chi connectivity index (χ2v) is 6.00. The summed E-state index contributed by atoms with van der Waals surface area (Å²) in [5.41, 5.74) is 2.87. The fraction of sp³-hybridized carbons (Fsp3) is 0.0500. The fourth-order valence-corrected chi connectivity index (χ4v) is 2.48. The molecule has 0 aliphatic carbocycles. The van der Waals surface area contributed by atoms with Gasteiger partial charge in [0.1, 0.15) is 17.3 Å². The lowest BCUT2D eigenvalue weighted by molar-refractivity contribution is -0.123. The van der Waals surface area contributed by atoms with Crippen LogP contribution < -0.4 is 10.2 Å². The molecule has 2 aromatic carbocycles. The lowest BCUT2D eigenvalue weighted by atomic mass is 10.1. The van der Waals surface area contributed by atoms with Gasteiger partial charge in [-0.3, -0.25) is 4.79 Å². The molecule has 0 fully saturated rings. The first-order valence-electron chi connectivity index (χ1n) is 8.16. The van der Waals surface area contributed by atoms with E-state index in [0.29, 0.717) is 22.8 Å². The van der Waals surface area contributed by atoms with Crippen molar-refractivity contribution in [2.45, 2.75) is 0 Å². The van der Waals surface area contributed by atoms with Gasteiger partial charge in [-0.2, -0.15) is 5.10 Å². The molecule has 0 unspecified atom stereocenters. The van der Waals surface area contributed by atoms with Crippen LogP contribution in [0.3, 0.4) is 0 Å². The number of ether oxygens (including phenoxy) is 1. The second-order valence-electron chi connectivity index (χ2n) is 5.60. The smallest absolute Gasteiger partial charge is 0.337 e. The minimum atomic E-state index is -1.12. The molecule has 7 nitrogen and oxygen atoms in total. The van der Waals surface area contributed by atoms with Crippen molar-refractivity contribution in [2.75, 3.05) is 6.61 Å². The topological polar surface area (TPSA) is 101 Å². The van der Waals surface area contributed by atoms with Crippen molar-refractivity contribution in [3.63, 3.8) is 0 Å². The second kappa shape index (κ2) is 8.88. The van der Waals surface area contributed by atoms with Gasteiger partial charge in [0.2, 0.25) is 0 Å². The molecule has 0 radical (unpaired) electrons. The van der Waals surface area contributed by atoms with Gasteiger partial charge in [-0.1, -0.05) is 29.8 Å². The van der Waals surface area contributed by atoms with Crippen molar-refractivity contribution in [3.8, 4) is 17.1 Å². The number of carboxylic acids is 1. The van der Waals surface area contributed by atoms with E-state index in [9.17, 15) is 9.59 Å². The molecule has 0 spiro atoms. The van der Waals surface area contributed by atoms with Crippen LogP contribution >= 0.6 is 11.6 Å². The predicted molar refractivity (Wildman–Crippen MR) is 104 cm³/mol. The largest absolute Gasteiger partial charge is 0.484 e. The zero-order valence-electron chi connectivity index (χ0n) is 14.5. The number of aromatic carboxylic acids is 1. The van der Waals surface area contributed by atoms with Crippen molar-refractivity contribution in [1.29, 1.82) is 0 Å². The molecule has 28 heavy (non-hydrogen) atoms. The Morgan fingerprint density at radius 1 is 1.14 bits per heavy atom. The van der Waals surface area contributed by atoms with E-state index in [1.165, 1.54) is 18.3 Å². The van der Waals surface area contributed by atoms with Gasteiger partial charge < -0.3 is 14.3 Å². The number of furan rings is 1. The Labute approximate surface area is 165 Å². The van der Waals surface area contributed by atoms with E-state index in [4.69, 9.17) is 25.9 Å². The maximum atomic E-state index is 11.7. The number of nitrogens with zero attached hydrogens (tertiary/aromatic N) is 1. The first kappa shape index (κ1) is 19.2. The number of hydrazone groups is 1. The van der Waals surface area contributed by atoms with E-state index in [1.807, 2.05) is 6.07 Å². The summed E-state index contributed by atoms with van der Waals surface area (Å²) in [6.45, 7) is -0.173. The minimum absolute atomic E-state index is 0.0172. The van der Waals surface area contributed by atoms with Crippen LogP contribution in [0.5, 0.6) is 5.75 Å². The Kier molecular flexibility index (Phi) is 6.08. The third-order valence-electron chi connectivity index (χ3n) is 3.60. The minimum Gasteiger partial charge on any atom is -0.484 e. The number of carbonyl (C=O) groups is 2. The summed E-state index contributed by atoms with van der Waals surface area (Å²) in [6.07, 6.45) is 1.33. The Hall–Kier alpha value is -3.58. The summed E-state index contributed by atoms with van der Waals surface area (Å²) < 4.78 is 10.9. The molecule has 1 heterocycles.